The van der Waals surface area contributed by atoms with Crippen molar-refractivity contribution in [1.82, 2.24) is 25.2 Å². The Hall–Kier alpha value is -4.58. The number of nitrogens with one attached hydrogen (secondary N) is 2. The molecule has 4 unspecified atom stereocenters. The lowest BCUT2D eigenvalue weighted by atomic mass is 10.1. The zero-order chi connectivity index (χ0) is 31.2. The summed E-state index contributed by atoms with van der Waals surface area (Å²) in [5.41, 5.74) is 2.24. The van der Waals surface area contributed by atoms with Crippen molar-refractivity contribution in [2.24, 2.45) is 0 Å². The zero-order valence-electron chi connectivity index (χ0n) is 25.3. The average Bonchev–Trinajstić information content (AvgIpc) is 3.45. The fourth-order valence-electron chi connectivity index (χ4n) is 5.84. The van der Waals surface area contributed by atoms with Crippen LogP contribution >= 0.6 is 0 Å². The number of allylic oxidation sites excluding steroid dienone is 2. The Morgan fingerprint density at radius 2 is 1.86 bits per heavy atom. The van der Waals surface area contributed by atoms with Crippen molar-refractivity contribution < 1.29 is 33.9 Å². The topological polar surface area (TPSA) is 148 Å². The first kappa shape index (κ1) is 30.9. The summed E-state index contributed by atoms with van der Waals surface area (Å²) < 4.78 is 12.1. The third-order valence-corrected chi connectivity index (χ3v) is 8.30. The molecular formula is C32H39N6O6+. The number of benzene rings is 1. The van der Waals surface area contributed by atoms with Gasteiger partial charge >= 0.3 is 12.0 Å². The summed E-state index contributed by atoms with van der Waals surface area (Å²) in [6.07, 6.45) is 10.3. The van der Waals surface area contributed by atoms with Crippen molar-refractivity contribution in [2.75, 3.05) is 27.2 Å². The van der Waals surface area contributed by atoms with Crippen molar-refractivity contribution in [1.29, 1.82) is 0 Å². The van der Waals surface area contributed by atoms with Crippen LogP contribution in [-0.2, 0) is 9.59 Å². The molecule has 2 aliphatic rings. The summed E-state index contributed by atoms with van der Waals surface area (Å²) in [6, 6.07) is 5.18. The fourth-order valence-corrected chi connectivity index (χ4v) is 5.84. The van der Waals surface area contributed by atoms with Gasteiger partial charge in [-0.25, -0.2) is 19.5 Å². The highest BCUT2D eigenvalue weighted by molar-refractivity contribution is 5.90. The van der Waals surface area contributed by atoms with Crippen LogP contribution in [0.1, 0.15) is 44.1 Å². The lowest BCUT2D eigenvalue weighted by molar-refractivity contribution is -0.823. The highest BCUT2D eigenvalue weighted by Crippen LogP contribution is 2.33. The second-order valence-electron chi connectivity index (χ2n) is 11.3. The molecule has 0 saturated carbocycles. The maximum Gasteiger partial charge on any atom is 0.417 e. The van der Waals surface area contributed by atoms with Gasteiger partial charge in [0.05, 0.1) is 24.4 Å². The molecule has 5 rings (SSSR count). The summed E-state index contributed by atoms with van der Waals surface area (Å²) in [7, 11) is 3.34. The van der Waals surface area contributed by atoms with E-state index in [0.717, 1.165) is 30.4 Å². The number of methoxy groups -OCH3 is 1. The molecule has 12 nitrogen and oxygen atoms in total. The Labute approximate surface area is 256 Å². The lowest BCUT2D eigenvalue weighted by Crippen LogP contribution is -3.19. The molecule has 3 amide bonds. The van der Waals surface area contributed by atoms with Crippen molar-refractivity contribution in [3.8, 4) is 23.0 Å². The van der Waals surface area contributed by atoms with Gasteiger partial charge in [0.15, 0.2) is 18.0 Å². The summed E-state index contributed by atoms with van der Waals surface area (Å²) in [6.45, 7) is 2.69. The number of carboxylic acid groups (broad SMARTS) is 1. The van der Waals surface area contributed by atoms with Crippen LogP contribution in [0.5, 0.6) is 11.6 Å². The van der Waals surface area contributed by atoms with Crippen LogP contribution in [0.3, 0.4) is 0 Å². The summed E-state index contributed by atoms with van der Waals surface area (Å²) >= 11 is 0. The molecule has 0 spiro atoms. The smallest absolute Gasteiger partial charge is 0.417 e. The predicted molar refractivity (Wildman–Crippen MR) is 163 cm³/mol. The van der Waals surface area contributed by atoms with Gasteiger partial charge in [-0.1, -0.05) is 12.2 Å². The molecule has 44 heavy (non-hydrogen) atoms. The SMILES string of the molecule is COc1ccc2c(OC3CC4C(=O)NC(C(=O)O)CCC=CCCCCN(C)C(=O)[NH+]4C3)nc(-c3ccncc3)nc2c1C. The maximum atomic E-state index is 13.7. The second kappa shape index (κ2) is 13.8. The molecule has 2 aromatic heterocycles. The normalized spacial score (nSPS) is 23.4. The van der Waals surface area contributed by atoms with Crippen molar-refractivity contribution in [3.63, 3.8) is 0 Å². The predicted octanol–water partition coefficient (Wildman–Crippen LogP) is 2.55. The number of pyridine rings is 1. The minimum Gasteiger partial charge on any atom is -0.496 e. The molecule has 12 heteroatoms. The number of aryl methyl sites for hydroxylation is 1. The molecule has 0 bridgehead atoms. The van der Waals surface area contributed by atoms with E-state index in [0.29, 0.717) is 46.2 Å². The number of rotatable bonds is 5. The number of carbonyl (C=O) groups excluding carboxylic acids is 2. The first-order valence-corrected chi connectivity index (χ1v) is 15.0. The van der Waals surface area contributed by atoms with E-state index in [4.69, 9.17) is 19.4 Å². The summed E-state index contributed by atoms with van der Waals surface area (Å²) in [5, 5.41) is 13.2. The van der Waals surface area contributed by atoms with E-state index in [1.165, 1.54) is 0 Å². The molecule has 4 atom stereocenters. The number of nitrogens with zero attached hydrogens (tertiary/aromatic N) is 4. The minimum atomic E-state index is -1.10. The number of aliphatic carboxylic acids is 1. The highest BCUT2D eigenvalue weighted by Gasteiger charge is 2.48. The quantitative estimate of drug-likeness (QED) is 0.374. The molecular weight excluding hydrogens is 564 g/mol. The second-order valence-corrected chi connectivity index (χ2v) is 11.3. The number of ether oxygens (including phenoxy) is 2. The van der Waals surface area contributed by atoms with Crippen LogP contribution in [0.2, 0.25) is 0 Å². The van der Waals surface area contributed by atoms with Gasteiger partial charge < -0.3 is 19.9 Å². The molecule has 0 radical (unpaired) electrons. The van der Waals surface area contributed by atoms with E-state index in [-0.39, 0.29) is 25.4 Å². The largest absolute Gasteiger partial charge is 0.496 e. The van der Waals surface area contributed by atoms with E-state index in [1.54, 1.807) is 31.5 Å². The zero-order valence-corrected chi connectivity index (χ0v) is 25.3. The third kappa shape index (κ3) is 6.80. The first-order valence-electron chi connectivity index (χ1n) is 15.0. The standard InChI is InChI=1S/C32H38N6O6/c1-20-26(43-3)12-11-23-27(20)35-28(21-13-15-33-16-14-21)36-30(23)44-22-18-25-29(39)34-24(31(40)41)10-8-6-4-5-7-9-17-37(2)32(42)38(25)19-22/h4,6,11-16,22,24-25H,5,7-10,17-19H2,1-3H3,(H,34,39)(H,40,41)/p+1. The molecule has 1 aromatic carbocycles. The van der Waals surface area contributed by atoms with Gasteiger partial charge in [-0.05, 0) is 63.3 Å². The summed E-state index contributed by atoms with van der Waals surface area (Å²) in [5.74, 6) is -0.138. The van der Waals surface area contributed by atoms with Crippen molar-refractivity contribution >= 4 is 28.8 Å². The maximum absolute atomic E-state index is 13.7. The van der Waals surface area contributed by atoms with Gasteiger partial charge in [-0.2, -0.15) is 4.98 Å². The number of hydrogen-bond donors (Lipinski definition) is 3. The number of carboxylic acids is 1. The van der Waals surface area contributed by atoms with Gasteiger partial charge in [0.2, 0.25) is 5.88 Å². The number of hydrogen-bond acceptors (Lipinski definition) is 8. The van der Waals surface area contributed by atoms with Gasteiger partial charge in [0, 0.05) is 37.1 Å². The molecule has 1 fully saturated rings. The van der Waals surface area contributed by atoms with Crippen LogP contribution in [0.4, 0.5) is 4.79 Å². The third-order valence-electron chi connectivity index (χ3n) is 8.30. The molecule has 2 aliphatic heterocycles. The van der Waals surface area contributed by atoms with E-state index >= 15 is 0 Å². The molecule has 3 N–H and O–H groups in total. The molecule has 4 heterocycles. The molecule has 3 aromatic rings. The average molecular weight is 604 g/mol. The lowest BCUT2D eigenvalue weighted by Gasteiger charge is -2.24. The number of carbonyl (C=O) groups is 3. The van der Waals surface area contributed by atoms with Crippen LogP contribution in [0.15, 0.2) is 48.8 Å². The van der Waals surface area contributed by atoms with Crippen LogP contribution in [0.25, 0.3) is 22.3 Å². The number of quaternary nitrogens is 1. The monoisotopic (exact) mass is 603 g/mol. The van der Waals surface area contributed by atoms with Gasteiger partial charge in [0.1, 0.15) is 18.3 Å². The van der Waals surface area contributed by atoms with Gasteiger partial charge in [-0.3, -0.25) is 14.7 Å². The van der Waals surface area contributed by atoms with E-state index in [2.05, 4.69) is 10.3 Å². The van der Waals surface area contributed by atoms with Gasteiger partial charge in [0.25, 0.3) is 5.91 Å². The summed E-state index contributed by atoms with van der Waals surface area (Å²) in [4.78, 5) is 55.0. The van der Waals surface area contributed by atoms with Crippen LogP contribution in [-0.4, -0.2) is 88.3 Å². The molecule has 232 valence electrons. The van der Waals surface area contributed by atoms with E-state index in [9.17, 15) is 19.5 Å². The molecule has 1 saturated heterocycles. The Bertz CT molecular complexity index is 1550. The van der Waals surface area contributed by atoms with Gasteiger partial charge in [-0.15, -0.1) is 0 Å². The minimum absolute atomic E-state index is 0.207. The Morgan fingerprint density at radius 3 is 2.61 bits per heavy atom. The fraction of sp³-hybridized carbons (Fsp3) is 0.438. The highest BCUT2D eigenvalue weighted by atomic mass is 16.5. The Morgan fingerprint density at radius 1 is 1.09 bits per heavy atom. The van der Waals surface area contributed by atoms with Crippen LogP contribution in [0, 0.1) is 6.92 Å². The Balaban J connectivity index is 1.48. The molecule has 0 aliphatic carbocycles. The van der Waals surface area contributed by atoms with Crippen molar-refractivity contribution in [2.45, 2.75) is 63.6 Å². The number of urea groups is 1. The van der Waals surface area contributed by atoms with E-state index in [1.807, 2.05) is 43.3 Å². The van der Waals surface area contributed by atoms with Crippen LogP contribution < -0.4 is 19.7 Å². The number of aromatic nitrogens is 3. The first-order chi connectivity index (χ1) is 21.3. The number of amides is 3. The van der Waals surface area contributed by atoms with Crippen molar-refractivity contribution in [3.05, 3.63) is 54.4 Å². The number of fused-ring (bicyclic) bond motifs is 2. The van der Waals surface area contributed by atoms with E-state index < -0.39 is 30.1 Å². The Kier molecular flexibility index (Phi) is 9.69.